The second-order valence-electron chi connectivity index (χ2n) is 3.75. The van der Waals surface area contributed by atoms with Gasteiger partial charge in [0.05, 0.1) is 6.26 Å². The third-order valence-corrected chi connectivity index (χ3v) is 2.41. The molecule has 18 heavy (non-hydrogen) atoms. The summed E-state index contributed by atoms with van der Waals surface area (Å²) in [5, 5.41) is 0. The van der Waals surface area contributed by atoms with Gasteiger partial charge in [0.2, 0.25) is 11.2 Å². The van der Waals surface area contributed by atoms with Gasteiger partial charge in [-0.3, -0.25) is 4.79 Å². The zero-order valence-corrected chi connectivity index (χ0v) is 10.1. The molecule has 3 nitrogen and oxygen atoms in total. The van der Waals surface area contributed by atoms with Crippen LogP contribution in [0.2, 0.25) is 0 Å². The minimum absolute atomic E-state index is 0.176. The Hall–Kier alpha value is -2.29. The van der Waals surface area contributed by atoms with Gasteiger partial charge in [0.1, 0.15) is 6.61 Å². The Bertz CT molecular complexity index is 582. The van der Waals surface area contributed by atoms with Gasteiger partial charge in [-0.2, -0.15) is 0 Å². The maximum absolute atomic E-state index is 11.7. The standard InChI is InChI=1S/C15H14O3/c1-2-6-14-15(13(16)9-10-17-14)18-11-12-7-4-3-5-8-12/h2-10H,11H2,1H3/b6-2+. The van der Waals surface area contributed by atoms with E-state index in [0.29, 0.717) is 12.4 Å². The smallest absolute Gasteiger partial charge is 0.227 e. The van der Waals surface area contributed by atoms with E-state index in [9.17, 15) is 4.79 Å². The van der Waals surface area contributed by atoms with E-state index >= 15 is 0 Å². The highest BCUT2D eigenvalue weighted by atomic mass is 16.5. The number of hydrogen-bond acceptors (Lipinski definition) is 3. The summed E-state index contributed by atoms with van der Waals surface area (Å²) in [6, 6.07) is 11.0. The summed E-state index contributed by atoms with van der Waals surface area (Å²) in [4.78, 5) is 11.7. The van der Waals surface area contributed by atoms with Crippen LogP contribution in [-0.4, -0.2) is 0 Å². The van der Waals surface area contributed by atoms with Crippen LogP contribution in [0.1, 0.15) is 18.2 Å². The fourth-order valence-electron chi connectivity index (χ4n) is 1.56. The number of allylic oxidation sites excluding steroid dienone is 1. The molecule has 0 unspecified atom stereocenters. The van der Waals surface area contributed by atoms with Crippen molar-refractivity contribution in [1.29, 1.82) is 0 Å². The van der Waals surface area contributed by atoms with Gasteiger partial charge in [-0.25, -0.2) is 0 Å². The van der Waals surface area contributed by atoms with Gasteiger partial charge in [0.15, 0.2) is 5.76 Å². The zero-order valence-electron chi connectivity index (χ0n) is 10.1. The van der Waals surface area contributed by atoms with Crippen molar-refractivity contribution in [1.82, 2.24) is 0 Å². The van der Waals surface area contributed by atoms with Crippen LogP contribution >= 0.6 is 0 Å². The maximum Gasteiger partial charge on any atom is 0.227 e. The number of rotatable bonds is 4. The lowest BCUT2D eigenvalue weighted by Crippen LogP contribution is -2.08. The molecule has 2 rings (SSSR count). The Kier molecular flexibility index (Phi) is 3.97. The molecule has 2 aromatic rings. The molecule has 0 fully saturated rings. The Balaban J connectivity index is 2.21. The Morgan fingerprint density at radius 3 is 2.72 bits per heavy atom. The molecule has 0 amide bonds. The molecule has 1 heterocycles. The van der Waals surface area contributed by atoms with E-state index in [1.165, 1.54) is 12.3 Å². The van der Waals surface area contributed by atoms with Crippen LogP contribution in [0, 0.1) is 0 Å². The lowest BCUT2D eigenvalue weighted by Gasteiger charge is -2.07. The molecule has 0 spiro atoms. The van der Waals surface area contributed by atoms with Crippen molar-refractivity contribution in [3.05, 3.63) is 70.3 Å². The van der Waals surface area contributed by atoms with Crippen molar-refractivity contribution >= 4 is 6.08 Å². The minimum atomic E-state index is -0.176. The normalized spacial score (nSPS) is 10.7. The first kappa shape index (κ1) is 12.2. The molecule has 0 aliphatic rings. The van der Waals surface area contributed by atoms with Crippen LogP contribution in [0.4, 0.5) is 0 Å². The third kappa shape index (κ3) is 2.88. The topological polar surface area (TPSA) is 39.4 Å². The van der Waals surface area contributed by atoms with E-state index in [4.69, 9.17) is 9.15 Å². The summed E-state index contributed by atoms with van der Waals surface area (Å²) in [7, 11) is 0. The molecule has 0 aliphatic heterocycles. The number of hydrogen-bond donors (Lipinski definition) is 0. The Morgan fingerprint density at radius 1 is 1.22 bits per heavy atom. The molecule has 1 aromatic heterocycles. The second-order valence-corrected chi connectivity index (χ2v) is 3.75. The molecule has 92 valence electrons. The van der Waals surface area contributed by atoms with E-state index in [-0.39, 0.29) is 11.2 Å². The predicted octanol–water partition coefficient (Wildman–Crippen LogP) is 3.25. The fourth-order valence-corrected chi connectivity index (χ4v) is 1.56. The first-order valence-corrected chi connectivity index (χ1v) is 5.72. The fraction of sp³-hybridized carbons (Fsp3) is 0.133. The van der Waals surface area contributed by atoms with Gasteiger partial charge in [-0.1, -0.05) is 36.4 Å². The van der Waals surface area contributed by atoms with Crippen molar-refractivity contribution < 1.29 is 9.15 Å². The lowest BCUT2D eigenvalue weighted by atomic mass is 10.2. The average Bonchev–Trinajstić information content (AvgIpc) is 2.40. The Labute approximate surface area is 105 Å². The van der Waals surface area contributed by atoms with Crippen molar-refractivity contribution in [2.75, 3.05) is 0 Å². The van der Waals surface area contributed by atoms with E-state index in [2.05, 4.69) is 0 Å². The SMILES string of the molecule is C/C=C/c1occc(=O)c1OCc1ccccc1. The number of benzene rings is 1. The van der Waals surface area contributed by atoms with Crippen molar-refractivity contribution in [3.8, 4) is 5.75 Å². The summed E-state index contributed by atoms with van der Waals surface area (Å²) in [5.74, 6) is 0.695. The van der Waals surface area contributed by atoms with E-state index < -0.39 is 0 Å². The zero-order chi connectivity index (χ0) is 12.8. The molecule has 0 atom stereocenters. The van der Waals surface area contributed by atoms with Gasteiger partial charge in [0.25, 0.3) is 0 Å². The predicted molar refractivity (Wildman–Crippen MR) is 70.5 cm³/mol. The summed E-state index contributed by atoms with van der Waals surface area (Å²) in [6.07, 6.45) is 4.88. The van der Waals surface area contributed by atoms with E-state index in [1.54, 1.807) is 12.2 Å². The van der Waals surface area contributed by atoms with Crippen molar-refractivity contribution in [3.63, 3.8) is 0 Å². The van der Waals surface area contributed by atoms with Crippen LogP contribution in [0.15, 0.2) is 57.9 Å². The molecule has 0 radical (unpaired) electrons. The second kappa shape index (κ2) is 5.87. The molecule has 1 aromatic carbocycles. The van der Waals surface area contributed by atoms with Crippen LogP contribution in [-0.2, 0) is 6.61 Å². The van der Waals surface area contributed by atoms with Gasteiger partial charge >= 0.3 is 0 Å². The molecule has 0 bridgehead atoms. The molecule has 0 N–H and O–H groups in total. The third-order valence-electron chi connectivity index (χ3n) is 2.41. The molecule has 0 aliphatic carbocycles. The van der Waals surface area contributed by atoms with Crippen molar-refractivity contribution in [2.45, 2.75) is 13.5 Å². The van der Waals surface area contributed by atoms with E-state index in [1.807, 2.05) is 37.3 Å². The van der Waals surface area contributed by atoms with Crippen LogP contribution in [0.3, 0.4) is 0 Å². The first-order valence-electron chi connectivity index (χ1n) is 5.72. The average molecular weight is 242 g/mol. The van der Waals surface area contributed by atoms with Gasteiger partial charge in [-0.15, -0.1) is 0 Å². The largest absolute Gasteiger partial charge is 0.481 e. The molecule has 0 saturated heterocycles. The van der Waals surface area contributed by atoms with Gasteiger partial charge in [0, 0.05) is 6.07 Å². The van der Waals surface area contributed by atoms with Crippen LogP contribution in [0.25, 0.3) is 6.08 Å². The highest BCUT2D eigenvalue weighted by Gasteiger charge is 2.08. The van der Waals surface area contributed by atoms with Gasteiger partial charge < -0.3 is 9.15 Å². The summed E-state index contributed by atoms with van der Waals surface area (Å²) < 4.78 is 10.8. The highest BCUT2D eigenvalue weighted by Crippen LogP contribution is 2.16. The summed E-state index contributed by atoms with van der Waals surface area (Å²) in [5.41, 5.74) is 0.831. The van der Waals surface area contributed by atoms with Crippen molar-refractivity contribution in [2.24, 2.45) is 0 Å². The molecule has 0 saturated carbocycles. The number of ether oxygens (including phenoxy) is 1. The molecular weight excluding hydrogens is 228 g/mol. The summed E-state index contributed by atoms with van der Waals surface area (Å²) in [6.45, 7) is 2.20. The maximum atomic E-state index is 11.7. The monoisotopic (exact) mass is 242 g/mol. The van der Waals surface area contributed by atoms with E-state index in [0.717, 1.165) is 5.56 Å². The highest BCUT2D eigenvalue weighted by molar-refractivity contribution is 5.50. The first-order chi connectivity index (χ1) is 8.81. The van der Waals surface area contributed by atoms with Gasteiger partial charge in [-0.05, 0) is 18.6 Å². The molecular formula is C15H14O3. The quantitative estimate of drug-likeness (QED) is 0.826. The lowest BCUT2D eigenvalue weighted by molar-refractivity contribution is 0.290. The molecule has 3 heteroatoms. The minimum Gasteiger partial charge on any atom is -0.481 e. The van der Waals surface area contributed by atoms with Crippen LogP contribution in [0.5, 0.6) is 5.75 Å². The Morgan fingerprint density at radius 2 is 2.00 bits per heavy atom. The van der Waals surface area contributed by atoms with Crippen LogP contribution < -0.4 is 10.2 Å². The summed E-state index contributed by atoms with van der Waals surface area (Å²) >= 11 is 0.